The average molecular weight is 187 g/mol. The molecule has 0 aliphatic carbocycles. The van der Waals surface area contributed by atoms with Crippen molar-refractivity contribution in [3.8, 4) is 0 Å². The Labute approximate surface area is 76.2 Å². The van der Waals surface area contributed by atoms with Gasteiger partial charge in [-0.1, -0.05) is 0 Å². The predicted molar refractivity (Wildman–Crippen MR) is 46.0 cm³/mol. The molecule has 0 aromatic carbocycles. The SMILES string of the molecule is CC(C(=O)O)=C(C)C(=O)OCCN. The van der Waals surface area contributed by atoms with E-state index >= 15 is 0 Å². The Morgan fingerprint density at radius 1 is 1.31 bits per heavy atom. The summed E-state index contributed by atoms with van der Waals surface area (Å²) in [6, 6.07) is 0. The Bertz CT molecular complexity index is 245. The van der Waals surface area contributed by atoms with Gasteiger partial charge in [-0.2, -0.15) is 0 Å². The number of aliphatic carboxylic acids is 1. The molecule has 0 rings (SSSR count). The van der Waals surface area contributed by atoms with Crippen molar-refractivity contribution >= 4 is 11.9 Å². The van der Waals surface area contributed by atoms with E-state index in [9.17, 15) is 9.59 Å². The van der Waals surface area contributed by atoms with Crippen LogP contribution < -0.4 is 5.73 Å². The van der Waals surface area contributed by atoms with Gasteiger partial charge in [0.1, 0.15) is 6.61 Å². The largest absolute Gasteiger partial charge is 0.478 e. The summed E-state index contributed by atoms with van der Waals surface area (Å²) in [4.78, 5) is 21.5. The van der Waals surface area contributed by atoms with Crippen molar-refractivity contribution in [1.29, 1.82) is 0 Å². The van der Waals surface area contributed by atoms with Crippen LogP contribution >= 0.6 is 0 Å². The third-order valence-corrected chi connectivity index (χ3v) is 1.54. The van der Waals surface area contributed by atoms with Gasteiger partial charge in [0.05, 0.1) is 0 Å². The van der Waals surface area contributed by atoms with Gasteiger partial charge in [-0.3, -0.25) is 0 Å². The third-order valence-electron chi connectivity index (χ3n) is 1.54. The van der Waals surface area contributed by atoms with Crippen LogP contribution in [0.4, 0.5) is 0 Å². The van der Waals surface area contributed by atoms with E-state index in [4.69, 9.17) is 10.8 Å². The lowest BCUT2D eigenvalue weighted by Gasteiger charge is -2.04. The molecule has 0 radical (unpaired) electrons. The van der Waals surface area contributed by atoms with E-state index in [0.29, 0.717) is 0 Å². The standard InChI is InChI=1S/C8H13NO4/c1-5(7(10)11)6(2)8(12)13-4-3-9/h3-4,9H2,1-2H3,(H,10,11). The maximum atomic E-state index is 11.0. The van der Waals surface area contributed by atoms with E-state index in [-0.39, 0.29) is 24.3 Å². The zero-order chi connectivity index (χ0) is 10.4. The summed E-state index contributed by atoms with van der Waals surface area (Å²) in [5.41, 5.74) is 5.19. The van der Waals surface area contributed by atoms with Crippen molar-refractivity contribution < 1.29 is 19.4 Å². The Hall–Kier alpha value is -1.36. The smallest absolute Gasteiger partial charge is 0.334 e. The molecule has 5 heteroatoms. The molecule has 5 nitrogen and oxygen atoms in total. The Balaban J connectivity index is 4.40. The lowest BCUT2D eigenvalue weighted by Crippen LogP contribution is -2.16. The van der Waals surface area contributed by atoms with Crippen LogP contribution in [0.1, 0.15) is 13.8 Å². The number of rotatable bonds is 4. The minimum atomic E-state index is -1.12. The first-order valence-electron chi connectivity index (χ1n) is 3.78. The third kappa shape index (κ3) is 3.71. The molecule has 0 unspecified atom stereocenters. The molecule has 0 aromatic rings. The molecule has 0 bridgehead atoms. The highest BCUT2D eigenvalue weighted by Crippen LogP contribution is 2.05. The first-order chi connectivity index (χ1) is 6.00. The number of ether oxygens (including phenoxy) is 1. The van der Waals surface area contributed by atoms with Gasteiger partial charge in [-0.05, 0) is 13.8 Å². The Kier molecular flexibility index (Phi) is 4.76. The summed E-state index contributed by atoms with van der Waals surface area (Å²) in [6.07, 6.45) is 0. The van der Waals surface area contributed by atoms with E-state index in [1.54, 1.807) is 0 Å². The highest BCUT2D eigenvalue weighted by atomic mass is 16.5. The number of carboxylic acids is 1. The van der Waals surface area contributed by atoms with Gasteiger partial charge < -0.3 is 15.6 Å². The van der Waals surface area contributed by atoms with Crippen LogP contribution in [0.3, 0.4) is 0 Å². The summed E-state index contributed by atoms with van der Waals surface area (Å²) in [7, 11) is 0. The van der Waals surface area contributed by atoms with Crippen LogP contribution in [-0.2, 0) is 14.3 Å². The Morgan fingerprint density at radius 3 is 2.23 bits per heavy atom. The molecule has 13 heavy (non-hydrogen) atoms. The van der Waals surface area contributed by atoms with Gasteiger partial charge in [-0.15, -0.1) is 0 Å². The Morgan fingerprint density at radius 2 is 1.85 bits per heavy atom. The van der Waals surface area contributed by atoms with E-state index in [1.807, 2.05) is 0 Å². The molecule has 74 valence electrons. The van der Waals surface area contributed by atoms with Crippen molar-refractivity contribution in [2.24, 2.45) is 5.73 Å². The first kappa shape index (κ1) is 11.6. The fourth-order valence-corrected chi connectivity index (χ4v) is 0.573. The number of carboxylic acid groups (broad SMARTS) is 1. The zero-order valence-corrected chi connectivity index (χ0v) is 7.66. The normalized spacial score (nSPS) is 11.9. The highest BCUT2D eigenvalue weighted by Gasteiger charge is 2.13. The molecule has 0 aliphatic rings. The first-order valence-corrected chi connectivity index (χ1v) is 3.78. The second-order valence-corrected chi connectivity index (χ2v) is 2.48. The fraction of sp³-hybridized carbons (Fsp3) is 0.500. The molecule has 3 N–H and O–H groups in total. The van der Waals surface area contributed by atoms with Gasteiger partial charge in [0, 0.05) is 17.7 Å². The molecule has 0 spiro atoms. The van der Waals surface area contributed by atoms with Crippen molar-refractivity contribution in [1.82, 2.24) is 0 Å². The van der Waals surface area contributed by atoms with Gasteiger partial charge in [0.2, 0.25) is 0 Å². The molecule has 0 saturated heterocycles. The van der Waals surface area contributed by atoms with E-state index < -0.39 is 11.9 Å². The van der Waals surface area contributed by atoms with Crippen molar-refractivity contribution in [2.45, 2.75) is 13.8 Å². The van der Waals surface area contributed by atoms with Gasteiger partial charge >= 0.3 is 11.9 Å². The second-order valence-electron chi connectivity index (χ2n) is 2.48. The summed E-state index contributed by atoms with van der Waals surface area (Å²) < 4.78 is 4.64. The van der Waals surface area contributed by atoms with Crippen molar-refractivity contribution in [2.75, 3.05) is 13.2 Å². The van der Waals surface area contributed by atoms with Crippen LogP contribution in [0.25, 0.3) is 0 Å². The average Bonchev–Trinajstić information content (AvgIpc) is 2.11. The van der Waals surface area contributed by atoms with Gasteiger partial charge in [0.25, 0.3) is 0 Å². The van der Waals surface area contributed by atoms with Crippen LogP contribution in [0, 0.1) is 0 Å². The fourth-order valence-electron chi connectivity index (χ4n) is 0.573. The molecular formula is C8H13NO4. The van der Waals surface area contributed by atoms with E-state index in [1.165, 1.54) is 13.8 Å². The number of nitrogens with two attached hydrogens (primary N) is 1. The molecule has 0 aromatic heterocycles. The van der Waals surface area contributed by atoms with Crippen molar-refractivity contribution in [3.05, 3.63) is 11.1 Å². The molecule has 0 amide bonds. The summed E-state index contributed by atoms with van der Waals surface area (Å²) in [5, 5.41) is 8.54. The number of hydrogen-bond acceptors (Lipinski definition) is 4. The molecular weight excluding hydrogens is 174 g/mol. The summed E-state index contributed by atoms with van der Waals surface area (Å²) in [5.74, 6) is -1.76. The molecule has 0 heterocycles. The van der Waals surface area contributed by atoms with Crippen molar-refractivity contribution in [3.63, 3.8) is 0 Å². The summed E-state index contributed by atoms with van der Waals surface area (Å²) >= 11 is 0. The highest BCUT2D eigenvalue weighted by molar-refractivity contribution is 5.98. The number of carbonyl (C=O) groups excluding carboxylic acids is 1. The number of hydrogen-bond donors (Lipinski definition) is 2. The number of carbonyl (C=O) groups is 2. The molecule has 0 aliphatic heterocycles. The topological polar surface area (TPSA) is 89.6 Å². The van der Waals surface area contributed by atoms with Crippen LogP contribution in [0.5, 0.6) is 0 Å². The maximum Gasteiger partial charge on any atom is 0.334 e. The van der Waals surface area contributed by atoms with Gasteiger partial charge in [-0.25, -0.2) is 9.59 Å². The number of esters is 1. The second kappa shape index (κ2) is 5.31. The van der Waals surface area contributed by atoms with E-state index in [2.05, 4.69) is 4.74 Å². The maximum absolute atomic E-state index is 11.0. The van der Waals surface area contributed by atoms with E-state index in [0.717, 1.165) is 0 Å². The predicted octanol–water partition coefficient (Wildman–Crippen LogP) is -0.0907. The minimum absolute atomic E-state index is 0.0120. The summed E-state index contributed by atoms with van der Waals surface area (Å²) in [6.45, 7) is 3.08. The quantitative estimate of drug-likeness (QED) is 0.474. The zero-order valence-electron chi connectivity index (χ0n) is 7.66. The van der Waals surface area contributed by atoms with Crippen LogP contribution in [0.2, 0.25) is 0 Å². The minimum Gasteiger partial charge on any atom is -0.478 e. The monoisotopic (exact) mass is 187 g/mol. The lowest BCUT2D eigenvalue weighted by atomic mass is 10.1. The molecule has 0 fully saturated rings. The lowest BCUT2D eigenvalue weighted by molar-refractivity contribution is -0.140. The van der Waals surface area contributed by atoms with Gasteiger partial charge in [0.15, 0.2) is 0 Å². The van der Waals surface area contributed by atoms with Crippen LogP contribution in [-0.4, -0.2) is 30.2 Å². The molecule has 0 saturated carbocycles. The molecule has 0 atom stereocenters. The van der Waals surface area contributed by atoms with Crippen LogP contribution in [0.15, 0.2) is 11.1 Å².